The minimum Gasteiger partial charge on any atom is -0.508 e. The van der Waals surface area contributed by atoms with Crippen LogP contribution >= 0.6 is 0 Å². The van der Waals surface area contributed by atoms with Gasteiger partial charge in [0.05, 0.1) is 6.61 Å². The summed E-state index contributed by atoms with van der Waals surface area (Å²) in [5.41, 5.74) is 7.69. The van der Waals surface area contributed by atoms with Crippen LogP contribution in [0.5, 0.6) is 11.5 Å². The van der Waals surface area contributed by atoms with Crippen molar-refractivity contribution in [2.24, 2.45) is 5.73 Å². The van der Waals surface area contributed by atoms with Crippen molar-refractivity contribution >= 4 is 5.97 Å². The zero-order valence-corrected chi connectivity index (χ0v) is 10.1. The SMILES string of the molecule is NC1Cc2c(O)ccc(OCCCC(=O)O)c2C1. The smallest absolute Gasteiger partial charge is 0.303 e. The van der Waals surface area contributed by atoms with Gasteiger partial charge in [0.25, 0.3) is 0 Å². The maximum atomic E-state index is 10.4. The first-order valence-electron chi connectivity index (χ1n) is 6.02. The maximum Gasteiger partial charge on any atom is 0.303 e. The van der Waals surface area contributed by atoms with Gasteiger partial charge in [0, 0.05) is 23.6 Å². The molecular formula is C13H17NO4. The highest BCUT2D eigenvalue weighted by Gasteiger charge is 2.24. The van der Waals surface area contributed by atoms with Crippen LogP contribution in [-0.2, 0) is 17.6 Å². The zero-order chi connectivity index (χ0) is 13.1. The zero-order valence-electron chi connectivity index (χ0n) is 10.1. The number of hydrogen-bond acceptors (Lipinski definition) is 4. The number of carboxylic acid groups (broad SMARTS) is 1. The second kappa shape index (κ2) is 5.27. The van der Waals surface area contributed by atoms with Crippen LogP contribution in [0.1, 0.15) is 24.0 Å². The highest BCUT2D eigenvalue weighted by Crippen LogP contribution is 2.36. The lowest BCUT2D eigenvalue weighted by Gasteiger charge is -2.11. The molecule has 1 aliphatic rings. The van der Waals surface area contributed by atoms with Gasteiger partial charge in [-0.2, -0.15) is 0 Å². The van der Waals surface area contributed by atoms with E-state index in [0.717, 1.165) is 11.1 Å². The fourth-order valence-electron chi connectivity index (χ4n) is 2.25. The molecule has 18 heavy (non-hydrogen) atoms. The van der Waals surface area contributed by atoms with Gasteiger partial charge >= 0.3 is 5.97 Å². The molecule has 0 spiro atoms. The molecule has 1 atom stereocenters. The number of rotatable bonds is 5. The highest BCUT2D eigenvalue weighted by molar-refractivity contribution is 5.66. The van der Waals surface area contributed by atoms with Gasteiger partial charge in [0.2, 0.25) is 0 Å². The number of carbonyl (C=O) groups is 1. The van der Waals surface area contributed by atoms with Crippen molar-refractivity contribution in [1.82, 2.24) is 0 Å². The number of ether oxygens (including phenoxy) is 1. The van der Waals surface area contributed by atoms with Crippen LogP contribution < -0.4 is 10.5 Å². The lowest BCUT2D eigenvalue weighted by atomic mass is 10.1. The van der Waals surface area contributed by atoms with Crippen molar-refractivity contribution < 1.29 is 19.7 Å². The summed E-state index contributed by atoms with van der Waals surface area (Å²) in [4.78, 5) is 10.4. The van der Waals surface area contributed by atoms with Crippen LogP contribution in [0.2, 0.25) is 0 Å². The second-order valence-electron chi connectivity index (χ2n) is 4.55. The summed E-state index contributed by atoms with van der Waals surface area (Å²) < 4.78 is 5.57. The summed E-state index contributed by atoms with van der Waals surface area (Å²) in [5, 5.41) is 18.3. The van der Waals surface area contributed by atoms with E-state index in [4.69, 9.17) is 15.6 Å². The number of benzene rings is 1. The molecule has 0 aliphatic heterocycles. The predicted molar refractivity (Wildman–Crippen MR) is 65.9 cm³/mol. The largest absolute Gasteiger partial charge is 0.508 e. The third-order valence-electron chi connectivity index (χ3n) is 3.09. The molecule has 0 aromatic heterocycles. The molecule has 4 N–H and O–H groups in total. The molecule has 0 heterocycles. The fourth-order valence-corrected chi connectivity index (χ4v) is 2.25. The Balaban J connectivity index is 2.02. The van der Waals surface area contributed by atoms with Crippen LogP contribution in [-0.4, -0.2) is 28.8 Å². The Morgan fingerprint density at radius 1 is 1.39 bits per heavy atom. The Morgan fingerprint density at radius 2 is 2.11 bits per heavy atom. The van der Waals surface area contributed by atoms with Crippen LogP contribution in [0.3, 0.4) is 0 Å². The second-order valence-corrected chi connectivity index (χ2v) is 4.55. The molecule has 0 amide bonds. The minimum atomic E-state index is -0.823. The van der Waals surface area contributed by atoms with Gasteiger partial charge < -0.3 is 20.7 Å². The van der Waals surface area contributed by atoms with Gasteiger partial charge in [-0.15, -0.1) is 0 Å². The molecule has 1 unspecified atom stereocenters. The van der Waals surface area contributed by atoms with Gasteiger partial charge in [-0.25, -0.2) is 0 Å². The third-order valence-corrected chi connectivity index (χ3v) is 3.09. The van der Waals surface area contributed by atoms with Gasteiger partial charge in [0.1, 0.15) is 11.5 Å². The molecule has 1 aromatic rings. The molecule has 0 bridgehead atoms. The Labute approximate surface area is 105 Å². The number of nitrogens with two attached hydrogens (primary N) is 1. The van der Waals surface area contributed by atoms with Gasteiger partial charge in [-0.1, -0.05) is 0 Å². The monoisotopic (exact) mass is 251 g/mol. The predicted octanol–water partition coefficient (Wildman–Crippen LogP) is 1.06. The number of fused-ring (bicyclic) bond motifs is 1. The Hall–Kier alpha value is -1.75. The van der Waals surface area contributed by atoms with Crippen molar-refractivity contribution in [2.75, 3.05) is 6.61 Å². The summed E-state index contributed by atoms with van der Waals surface area (Å²) in [6.07, 6.45) is 1.92. The van der Waals surface area contributed by atoms with E-state index in [1.807, 2.05) is 0 Å². The van der Waals surface area contributed by atoms with E-state index in [1.54, 1.807) is 12.1 Å². The maximum absolute atomic E-state index is 10.4. The van der Waals surface area contributed by atoms with E-state index in [2.05, 4.69) is 0 Å². The van der Waals surface area contributed by atoms with Crippen molar-refractivity contribution in [3.05, 3.63) is 23.3 Å². The number of aliphatic carboxylic acids is 1. The molecule has 5 heteroatoms. The number of phenolic OH excluding ortho intramolecular Hbond substituents is 1. The summed E-state index contributed by atoms with van der Waals surface area (Å²) >= 11 is 0. The summed E-state index contributed by atoms with van der Waals surface area (Å²) in [7, 11) is 0. The molecule has 0 saturated carbocycles. The molecule has 0 fully saturated rings. The van der Waals surface area contributed by atoms with Crippen LogP contribution in [0, 0.1) is 0 Å². The van der Waals surface area contributed by atoms with Crippen LogP contribution in [0.25, 0.3) is 0 Å². The number of phenols is 1. The Morgan fingerprint density at radius 3 is 2.83 bits per heavy atom. The van der Waals surface area contributed by atoms with Gasteiger partial charge in [0.15, 0.2) is 0 Å². The van der Waals surface area contributed by atoms with Crippen molar-refractivity contribution in [3.63, 3.8) is 0 Å². The standard InChI is InChI=1S/C13H17NO4/c14-8-6-9-10(7-8)12(4-3-11(9)15)18-5-1-2-13(16)17/h3-4,8,15H,1-2,5-7,14H2,(H,16,17). The normalized spacial score (nSPS) is 17.5. The Bertz CT molecular complexity index is 459. The molecule has 1 aliphatic carbocycles. The first kappa shape index (κ1) is 12.7. The lowest BCUT2D eigenvalue weighted by molar-refractivity contribution is -0.137. The molecule has 2 rings (SSSR count). The van der Waals surface area contributed by atoms with Gasteiger partial charge in [-0.05, 0) is 31.4 Å². The third kappa shape index (κ3) is 2.73. The average Bonchev–Trinajstić information content (AvgIpc) is 2.69. The van der Waals surface area contributed by atoms with E-state index in [1.165, 1.54) is 0 Å². The van der Waals surface area contributed by atoms with Crippen molar-refractivity contribution in [1.29, 1.82) is 0 Å². The minimum absolute atomic E-state index is 0.0228. The summed E-state index contributed by atoms with van der Waals surface area (Å²) in [5.74, 6) is 0.147. The van der Waals surface area contributed by atoms with Crippen molar-refractivity contribution in [2.45, 2.75) is 31.7 Å². The molecule has 0 radical (unpaired) electrons. The van der Waals surface area contributed by atoms with Gasteiger partial charge in [-0.3, -0.25) is 4.79 Å². The van der Waals surface area contributed by atoms with Crippen molar-refractivity contribution in [3.8, 4) is 11.5 Å². The molecular weight excluding hydrogens is 234 g/mol. The Kier molecular flexibility index (Phi) is 3.72. The first-order valence-corrected chi connectivity index (χ1v) is 6.02. The molecule has 0 saturated heterocycles. The highest BCUT2D eigenvalue weighted by atomic mass is 16.5. The topological polar surface area (TPSA) is 92.8 Å². The molecule has 1 aromatic carbocycles. The fraction of sp³-hybridized carbons (Fsp3) is 0.462. The van der Waals surface area contributed by atoms with Crippen LogP contribution in [0.4, 0.5) is 0 Å². The summed E-state index contributed by atoms with van der Waals surface area (Å²) in [6, 6.07) is 3.34. The van der Waals surface area contributed by atoms with E-state index in [9.17, 15) is 9.90 Å². The quantitative estimate of drug-likeness (QED) is 0.680. The first-order chi connectivity index (χ1) is 8.58. The number of carboxylic acids is 1. The average molecular weight is 251 g/mol. The van der Waals surface area contributed by atoms with E-state index in [-0.39, 0.29) is 18.2 Å². The van der Waals surface area contributed by atoms with E-state index in [0.29, 0.717) is 31.6 Å². The lowest BCUT2D eigenvalue weighted by Crippen LogP contribution is -2.19. The number of hydrogen-bond donors (Lipinski definition) is 3. The molecule has 98 valence electrons. The number of aromatic hydroxyl groups is 1. The van der Waals surface area contributed by atoms with E-state index >= 15 is 0 Å². The summed E-state index contributed by atoms with van der Waals surface area (Å²) in [6.45, 7) is 0.360. The van der Waals surface area contributed by atoms with Crippen LogP contribution in [0.15, 0.2) is 12.1 Å². The molecule has 5 nitrogen and oxygen atoms in total. The van der Waals surface area contributed by atoms with E-state index < -0.39 is 5.97 Å².